The van der Waals surface area contributed by atoms with Gasteiger partial charge in [-0.25, -0.2) is 0 Å². The Kier molecular flexibility index (Phi) is 2.95. The van der Waals surface area contributed by atoms with Gasteiger partial charge in [-0.05, 0) is 22.4 Å². The highest BCUT2D eigenvalue weighted by molar-refractivity contribution is 8.96. The highest BCUT2D eigenvalue weighted by atomic mass is 33.5. The first-order valence-corrected chi connectivity index (χ1v) is 7.55. The molecule has 0 aliphatic carbocycles. The third-order valence-electron chi connectivity index (χ3n) is 1.06. The molecular formula is C5H6OS4. The van der Waals surface area contributed by atoms with Gasteiger partial charge in [-0.3, -0.25) is 0 Å². The molecule has 0 spiro atoms. The fraction of sp³-hybridized carbons (Fsp3) is 0.600. The standard InChI is InChI=1S/C5H6OS4/c1-2-5-3-6-10(7,8)9-4-5/h1,5H,3-4H2. The highest BCUT2D eigenvalue weighted by Crippen LogP contribution is 2.25. The summed E-state index contributed by atoms with van der Waals surface area (Å²) in [6, 6.07) is 0. The van der Waals surface area contributed by atoms with E-state index in [0.717, 1.165) is 5.75 Å². The maximum Gasteiger partial charge on any atom is 0.0774 e. The Balaban J connectivity index is 2.56. The van der Waals surface area contributed by atoms with E-state index in [1.165, 1.54) is 10.8 Å². The van der Waals surface area contributed by atoms with Crippen LogP contribution in [-0.4, -0.2) is 12.4 Å². The van der Waals surface area contributed by atoms with Crippen LogP contribution in [-0.2, 0) is 33.0 Å². The molecule has 0 aromatic rings. The average Bonchev–Trinajstić information content (AvgIpc) is 1.88. The first-order chi connectivity index (χ1) is 4.64. The Morgan fingerprint density at radius 3 is 2.80 bits per heavy atom. The normalized spacial score (nSPS) is 30.9. The van der Waals surface area contributed by atoms with E-state index in [-0.39, 0.29) is 5.92 Å². The quantitative estimate of drug-likeness (QED) is 0.434. The smallest absolute Gasteiger partial charge is 0.0774 e. The molecule has 1 heterocycles. The Hall–Kier alpha value is 0.660. The topological polar surface area (TPSA) is 9.23 Å². The number of hydrogen-bond donors (Lipinski definition) is 0. The van der Waals surface area contributed by atoms with Crippen LogP contribution >= 0.6 is 10.8 Å². The fourth-order valence-corrected chi connectivity index (χ4v) is 4.13. The third kappa shape index (κ3) is 2.36. The van der Waals surface area contributed by atoms with Crippen LogP contribution in [0.25, 0.3) is 0 Å². The van der Waals surface area contributed by atoms with Gasteiger partial charge in [0.15, 0.2) is 0 Å². The molecule has 1 atom stereocenters. The SMILES string of the molecule is C#CC1COS(=S)(=S)SC1. The summed E-state index contributed by atoms with van der Waals surface area (Å²) in [6.07, 6.45) is 5.19. The Morgan fingerprint density at radius 1 is 1.70 bits per heavy atom. The van der Waals surface area contributed by atoms with Crippen molar-refractivity contribution >= 4 is 39.6 Å². The van der Waals surface area contributed by atoms with E-state index in [2.05, 4.69) is 5.92 Å². The van der Waals surface area contributed by atoms with E-state index >= 15 is 0 Å². The molecule has 0 aromatic heterocycles. The van der Waals surface area contributed by atoms with Gasteiger partial charge in [-0.1, -0.05) is 16.7 Å². The van der Waals surface area contributed by atoms with Crippen LogP contribution in [0.2, 0.25) is 0 Å². The largest absolute Gasteiger partial charge is 0.301 e. The van der Waals surface area contributed by atoms with Crippen molar-refractivity contribution in [3.8, 4) is 12.3 Å². The van der Waals surface area contributed by atoms with E-state index in [4.69, 9.17) is 33.0 Å². The van der Waals surface area contributed by atoms with Gasteiger partial charge >= 0.3 is 0 Å². The van der Waals surface area contributed by atoms with Crippen molar-refractivity contribution in [1.82, 2.24) is 0 Å². The predicted octanol–water partition coefficient (Wildman–Crippen LogP) is 0.907. The van der Waals surface area contributed by atoms with E-state index in [0.29, 0.717) is 6.61 Å². The van der Waals surface area contributed by atoms with Crippen molar-refractivity contribution in [1.29, 1.82) is 0 Å². The molecule has 1 unspecified atom stereocenters. The molecule has 1 aliphatic rings. The second-order valence-corrected chi connectivity index (χ2v) is 10.3. The predicted molar refractivity (Wildman–Crippen MR) is 52.8 cm³/mol. The summed E-state index contributed by atoms with van der Waals surface area (Å²) >= 11 is 9.93. The molecule has 56 valence electrons. The molecule has 10 heavy (non-hydrogen) atoms. The van der Waals surface area contributed by atoms with Crippen molar-refractivity contribution in [3.05, 3.63) is 0 Å². The lowest BCUT2D eigenvalue weighted by Gasteiger charge is -2.20. The minimum absolute atomic E-state index is 0.205. The molecule has 0 saturated carbocycles. The van der Waals surface area contributed by atoms with Crippen LogP contribution in [0.1, 0.15) is 0 Å². The molecule has 1 saturated heterocycles. The molecule has 1 aliphatic heterocycles. The number of terminal acetylenes is 1. The van der Waals surface area contributed by atoms with Crippen molar-refractivity contribution in [2.75, 3.05) is 12.4 Å². The van der Waals surface area contributed by atoms with Gasteiger partial charge in [0.2, 0.25) is 0 Å². The van der Waals surface area contributed by atoms with Gasteiger partial charge in [-0.15, -0.1) is 6.42 Å². The van der Waals surface area contributed by atoms with Crippen LogP contribution in [0.5, 0.6) is 0 Å². The molecule has 1 rings (SSSR count). The van der Waals surface area contributed by atoms with Crippen LogP contribution < -0.4 is 0 Å². The molecule has 0 bridgehead atoms. The summed E-state index contributed by atoms with van der Waals surface area (Å²) in [7, 11) is 1.50. The summed E-state index contributed by atoms with van der Waals surface area (Å²) in [5.74, 6) is 3.68. The van der Waals surface area contributed by atoms with E-state index in [9.17, 15) is 0 Å². The maximum atomic E-state index is 5.20. The van der Waals surface area contributed by atoms with Gasteiger partial charge in [0.25, 0.3) is 0 Å². The van der Waals surface area contributed by atoms with Gasteiger partial charge in [-0.2, -0.15) is 0 Å². The summed E-state index contributed by atoms with van der Waals surface area (Å²) in [6.45, 7) is -1.09. The lowest BCUT2D eigenvalue weighted by molar-refractivity contribution is 0.336. The molecule has 0 amide bonds. The number of hydrogen-bond acceptors (Lipinski definition) is 4. The highest BCUT2D eigenvalue weighted by Gasteiger charge is 2.17. The van der Waals surface area contributed by atoms with Crippen molar-refractivity contribution < 1.29 is 4.18 Å². The van der Waals surface area contributed by atoms with Crippen molar-refractivity contribution in [2.24, 2.45) is 5.92 Å². The van der Waals surface area contributed by atoms with E-state index in [1.807, 2.05) is 0 Å². The monoisotopic (exact) mass is 210 g/mol. The fourth-order valence-electron chi connectivity index (χ4n) is 0.509. The van der Waals surface area contributed by atoms with Gasteiger partial charge in [0, 0.05) is 5.75 Å². The van der Waals surface area contributed by atoms with E-state index < -0.39 is 6.46 Å². The molecular weight excluding hydrogens is 204 g/mol. The first-order valence-electron chi connectivity index (χ1n) is 2.64. The summed E-state index contributed by atoms with van der Waals surface area (Å²) in [5.41, 5.74) is 0. The third-order valence-corrected chi connectivity index (χ3v) is 6.19. The zero-order chi connectivity index (χ0) is 7.61. The molecule has 0 radical (unpaired) electrons. The van der Waals surface area contributed by atoms with Gasteiger partial charge in [0.1, 0.15) is 0 Å². The Labute approximate surface area is 74.3 Å². The lowest BCUT2D eigenvalue weighted by atomic mass is 10.2. The molecule has 0 N–H and O–H groups in total. The minimum Gasteiger partial charge on any atom is -0.301 e. The average molecular weight is 210 g/mol. The Morgan fingerprint density at radius 2 is 2.40 bits per heavy atom. The molecule has 5 heteroatoms. The van der Waals surface area contributed by atoms with Crippen LogP contribution in [0.3, 0.4) is 0 Å². The zero-order valence-corrected chi connectivity index (χ0v) is 8.38. The van der Waals surface area contributed by atoms with Gasteiger partial charge < -0.3 is 4.18 Å². The van der Waals surface area contributed by atoms with Crippen LogP contribution in [0.15, 0.2) is 0 Å². The van der Waals surface area contributed by atoms with E-state index in [1.54, 1.807) is 0 Å². The zero-order valence-electron chi connectivity index (χ0n) is 5.11. The van der Waals surface area contributed by atoms with Crippen LogP contribution in [0.4, 0.5) is 0 Å². The first kappa shape index (κ1) is 8.75. The summed E-state index contributed by atoms with van der Waals surface area (Å²) < 4.78 is 5.20. The minimum atomic E-state index is -1.64. The molecule has 1 fully saturated rings. The maximum absolute atomic E-state index is 5.20. The summed E-state index contributed by atoms with van der Waals surface area (Å²) in [4.78, 5) is 0. The molecule has 1 nitrogen and oxygen atoms in total. The van der Waals surface area contributed by atoms with Crippen LogP contribution in [0, 0.1) is 18.3 Å². The van der Waals surface area contributed by atoms with Gasteiger partial charge in [0.05, 0.1) is 19.0 Å². The number of rotatable bonds is 0. The Bertz CT molecular complexity index is 233. The van der Waals surface area contributed by atoms with Crippen molar-refractivity contribution in [2.45, 2.75) is 0 Å². The second-order valence-electron chi connectivity index (χ2n) is 1.84. The summed E-state index contributed by atoms with van der Waals surface area (Å²) in [5, 5.41) is 0. The molecule has 0 aromatic carbocycles. The van der Waals surface area contributed by atoms with Crippen molar-refractivity contribution in [3.63, 3.8) is 0 Å². The lowest BCUT2D eigenvalue weighted by Crippen LogP contribution is -2.18. The second kappa shape index (κ2) is 3.37.